The van der Waals surface area contributed by atoms with Gasteiger partial charge in [0.2, 0.25) is 0 Å². The predicted molar refractivity (Wildman–Crippen MR) is 88.5 cm³/mol. The zero-order valence-corrected chi connectivity index (χ0v) is 13.8. The lowest BCUT2D eigenvalue weighted by atomic mass is 10.2. The highest BCUT2D eigenvalue weighted by Crippen LogP contribution is 2.32. The van der Waals surface area contributed by atoms with Gasteiger partial charge in [0.15, 0.2) is 0 Å². The number of hydrogen-bond donors (Lipinski definition) is 1. The molecule has 2 rings (SSSR count). The van der Waals surface area contributed by atoms with E-state index in [1.807, 2.05) is 12.1 Å². The minimum atomic E-state index is 0.293. The van der Waals surface area contributed by atoms with Crippen LogP contribution in [0.3, 0.4) is 0 Å². The fraction of sp³-hybridized carbons (Fsp3) is 0.375. The molecular weight excluding hydrogens is 336 g/mol. The molecule has 108 valence electrons. The molecule has 0 amide bonds. The molecule has 1 heterocycles. The Hall–Kier alpha value is -0.840. The Morgan fingerprint density at radius 3 is 2.35 bits per heavy atom. The van der Waals surface area contributed by atoms with E-state index in [4.69, 9.17) is 9.84 Å². The average molecular weight is 355 g/mol. The van der Waals surface area contributed by atoms with Crippen LogP contribution in [-0.2, 0) is 0 Å². The van der Waals surface area contributed by atoms with Gasteiger partial charge in [0.25, 0.3) is 0 Å². The summed E-state index contributed by atoms with van der Waals surface area (Å²) in [5.41, 5.74) is 1.22. The number of rotatable bonds is 8. The molecule has 0 aliphatic carbocycles. The summed E-state index contributed by atoms with van der Waals surface area (Å²) in [6.07, 6.45) is 4.12. The Labute approximate surface area is 132 Å². The molecule has 4 heteroatoms. The van der Waals surface area contributed by atoms with Crippen LogP contribution in [0.1, 0.15) is 25.7 Å². The molecular formula is C16H19BrO2S. The Morgan fingerprint density at radius 1 is 0.950 bits per heavy atom. The van der Waals surface area contributed by atoms with E-state index >= 15 is 0 Å². The van der Waals surface area contributed by atoms with Crippen molar-refractivity contribution in [1.82, 2.24) is 0 Å². The molecule has 1 aromatic heterocycles. The quantitative estimate of drug-likeness (QED) is 0.667. The fourth-order valence-electron chi connectivity index (χ4n) is 1.94. The summed E-state index contributed by atoms with van der Waals surface area (Å²) in [5.74, 6) is 0.923. The van der Waals surface area contributed by atoms with Crippen molar-refractivity contribution in [3.8, 4) is 16.2 Å². The molecule has 20 heavy (non-hydrogen) atoms. The summed E-state index contributed by atoms with van der Waals surface area (Å²) >= 11 is 5.21. The lowest BCUT2D eigenvalue weighted by Gasteiger charge is -2.06. The van der Waals surface area contributed by atoms with E-state index in [1.165, 1.54) is 10.4 Å². The first-order valence-corrected chi connectivity index (χ1v) is 8.50. The van der Waals surface area contributed by atoms with Gasteiger partial charge in [0, 0.05) is 11.5 Å². The maximum absolute atomic E-state index is 8.69. The molecule has 0 unspecified atom stereocenters. The Morgan fingerprint density at radius 2 is 1.70 bits per heavy atom. The molecule has 0 saturated heterocycles. The van der Waals surface area contributed by atoms with Gasteiger partial charge >= 0.3 is 0 Å². The van der Waals surface area contributed by atoms with Crippen LogP contribution in [0.25, 0.3) is 10.4 Å². The van der Waals surface area contributed by atoms with Crippen LogP contribution in [0.2, 0.25) is 0 Å². The van der Waals surface area contributed by atoms with Crippen LogP contribution >= 0.6 is 27.3 Å². The molecule has 1 N–H and O–H groups in total. The lowest BCUT2D eigenvalue weighted by Crippen LogP contribution is -1.97. The van der Waals surface area contributed by atoms with Crippen LogP contribution < -0.4 is 4.74 Å². The normalized spacial score (nSPS) is 10.7. The highest BCUT2D eigenvalue weighted by molar-refractivity contribution is 9.11. The zero-order valence-electron chi connectivity index (χ0n) is 11.3. The first kappa shape index (κ1) is 15.5. The van der Waals surface area contributed by atoms with Crippen molar-refractivity contribution in [3.05, 3.63) is 40.2 Å². The maximum Gasteiger partial charge on any atom is 0.119 e. The fourth-order valence-corrected chi connectivity index (χ4v) is 3.33. The van der Waals surface area contributed by atoms with Gasteiger partial charge in [-0.15, -0.1) is 11.3 Å². The molecule has 2 nitrogen and oxygen atoms in total. The van der Waals surface area contributed by atoms with Crippen LogP contribution in [-0.4, -0.2) is 18.3 Å². The smallest absolute Gasteiger partial charge is 0.119 e. The molecule has 0 aliphatic rings. The van der Waals surface area contributed by atoms with Crippen molar-refractivity contribution in [2.75, 3.05) is 13.2 Å². The van der Waals surface area contributed by atoms with Gasteiger partial charge in [-0.1, -0.05) is 6.42 Å². The maximum atomic E-state index is 8.69. The molecule has 0 fully saturated rings. The number of ether oxygens (including phenoxy) is 1. The zero-order chi connectivity index (χ0) is 14.2. The van der Waals surface area contributed by atoms with E-state index in [1.54, 1.807) is 11.3 Å². The number of thiophene rings is 1. The van der Waals surface area contributed by atoms with Gasteiger partial charge in [-0.2, -0.15) is 0 Å². The second-order valence-corrected chi connectivity index (χ2v) is 7.08. The Balaban J connectivity index is 1.77. The summed E-state index contributed by atoms with van der Waals surface area (Å²) in [6, 6.07) is 12.4. The minimum Gasteiger partial charge on any atom is -0.494 e. The second kappa shape index (κ2) is 8.45. The summed E-state index contributed by atoms with van der Waals surface area (Å²) < 4.78 is 6.86. The first-order chi connectivity index (χ1) is 9.79. The van der Waals surface area contributed by atoms with Gasteiger partial charge in [-0.25, -0.2) is 0 Å². The van der Waals surface area contributed by atoms with Gasteiger partial charge < -0.3 is 9.84 Å². The largest absolute Gasteiger partial charge is 0.494 e. The summed E-state index contributed by atoms with van der Waals surface area (Å²) in [5, 5.41) is 8.69. The van der Waals surface area contributed by atoms with E-state index in [9.17, 15) is 0 Å². The molecule has 2 aromatic rings. The average Bonchev–Trinajstić information content (AvgIpc) is 2.90. The SMILES string of the molecule is OCCCCCCOc1ccc(-c2ccc(Br)s2)cc1. The van der Waals surface area contributed by atoms with Crippen molar-refractivity contribution in [2.24, 2.45) is 0 Å². The van der Waals surface area contributed by atoms with E-state index in [0.29, 0.717) is 6.61 Å². The Bertz CT molecular complexity index is 507. The number of benzene rings is 1. The second-order valence-electron chi connectivity index (χ2n) is 4.61. The van der Waals surface area contributed by atoms with Gasteiger partial charge in [-0.05, 0) is 77.2 Å². The summed E-state index contributed by atoms with van der Waals surface area (Å²) in [6.45, 7) is 1.04. The number of aliphatic hydroxyl groups is 1. The molecule has 0 aliphatic heterocycles. The summed E-state index contributed by atoms with van der Waals surface area (Å²) in [4.78, 5) is 1.26. The van der Waals surface area contributed by atoms with Gasteiger partial charge in [0.05, 0.1) is 10.4 Å². The molecule has 0 atom stereocenters. The van der Waals surface area contributed by atoms with Crippen molar-refractivity contribution >= 4 is 27.3 Å². The first-order valence-electron chi connectivity index (χ1n) is 6.89. The predicted octanol–water partition coefficient (Wildman–Crippen LogP) is 5.11. The number of aliphatic hydroxyl groups excluding tert-OH is 1. The van der Waals surface area contributed by atoms with E-state index < -0.39 is 0 Å². The van der Waals surface area contributed by atoms with Crippen molar-refractivity contribution in [2.45, 2.75) is 25.7 Å². The van der Waals surface area contributed by atoms with Crippen molar-refractivity contribution in [1.29, 1.82) is 0 Å². The third-order valence-corrected chi connectivity index (χ3v) is 4.71. The van der Waals surface area contributed by atoms with Crippen LogP contribution in [0.15, 0.2) is 40.2 Å². The van der Waals surface area contributed by atoms with Crippen molar-refractivity contribution in [3.63, 3.8) is 0 Å². The highest BCUT2D eigenvalue weighted by atomic mass is 79.9. The van der Waals surface area contributed by atoms with Crippen LogP contribution in [0, 0.1) is 0 Å². The monoisotopic (exact) mass is 354 g/mol. The molecule has 0 radical (unpaired) electrons. The standard InChI is InChI=1S/C16H19BrO2S/c17-16-10-9-15(20-16)13-5-7-14(8-6-13)19-12-4-2-1-3-11-18/h5-10,18H,1-4,11-12H2. The third kappa shape index (κ3) is 4.93. The van der Waals surface area contributed by atoms with E-state index in [-0.39, 0.29) is 0 Å². The highest BCUT2D eigenvalue weighted by Gasteiger charge is 2.01. The van der Waals surface area contributed by atoms with Crippen molar-refractivity contribution < 1.29 is 9.84 Å². The van der Waals surface area contributed by atoms with Crippen LogP contribution in [0.4, 0.5) is 0 Å². The van der Waals surface area contributed by atoms with Gasteiger partial charge in [0.1, 0.15) is 5.75 Å². The Kier molecular flexibility index (Phi) is 6.57. The van der Waals surface area contributed by atoms with Crippen LogP contribution in [0.5, 0.6) is 5.75 Å². The minimum absolute atomic E-state index is 0.293. The topological polar surface area (TPSA) is 29.5 Å². The van der Waals surface area contributed by atoms with Gasteiger partial charge in [-0.3, -0.25) is 0 Å². The summed E-state index contributed by atoms with van der Waals surface area (Å²) in [7, 11) is 0. The number of halogens is 1. The molecule has 0 bridgehead atoms. The number of hydrogen-bond acceptors (Lipinski definition) is 3. The lowest BCUT2D eigenvalue weighted by molar-refractivity contribution is 0.273. The molecule has 1 aromatic carbocycles. The molecule has 0 spiro atoms. The van der Waals surface area contributed by atoms with E-state index in [0.717, 1.165) is 41.8 Å². The molecule has 0 saturated carbocycles. The van der Waals surface area contributed by atoms with E-state index in [2.05, 4.69) is 40.2 Å². The number of unbranched alkanes of at least 4 members (excludes halogenated alkanes) is 3. The third-order valence-electron chi connectivity index (χ3n) is 3.03.